The van der Waals surface area contributed by atoms with E-state index in [2.05, 4.69) is 0 Å². The molecule has 0 heterocycles. The van der Waals surface area contributed by atoms with Crippen LogP contribution < -0.4 is 0 Å². The first kappa shape index (κ1) is 12.1. The quantitative estimate of drug-likeness (QED) is 0.585. The highest BCUT2D eigenvalue weighted by Crippen LogP contribution is 2.12. The number of carbonyl (C=O) groups is 1. The third kappa shape index (κ3) is 4.37. The number of nitrogens with zero attached hydrogens (tertiary/aromatic N) is 1. The molecule has 1 aromatic rings. The second-order valence-electron chi connectivity index (χ2n) is 2.89. The van der Waals surface area contributed by atoms with Crippen molar-refractivity contribution in [3.05, 3.63) is 34.9 Å². The summed E-state index contributed by atoms with van der Waals surface area (Å²) in [6, 6.07) is 8.88. The van der Waals surface area contributed by atoms with E-state index < -0.39 is 0 Å². The number of hydrogen-bond donors (Lipinski definition) is 0. The van der Waals surface area contributed by atoms with E-state index >= 15 is 0 Å². The minimum absolute atomic E-state index is 0.0783. The Hall–Kier alpha value is -0.980. The summed E-state index contributed by atoms with van der Waals surface area (Å²) in [5.41, 5.74) is 0.670. The summed E-state index contributed by atoms with van der Waals surface area (Å²) >= 11 is 7.19. The van der Waals surface area contributed by atoms with Gasteiger partial charge in [-0.05, 0) is 24.3 Å². The van der Waals surface area contributed by atoms with E-state index in [1.54, 1.807) is 24.3 Å². The molecule has 0 atom stereocenters. The number of carbonyl (C=O) groups excluding carboxylic acids is 1. The van der Waals surface area contributed by atoms with Crippen molar-refractivity contribution >= 4 is 29.1 Å². The topological polar surface area (TPSA) is 40.9 Å². The van der Waals surface area contributed by atoms with Gasteiger partial charge in [0.1, 0.15) is 0 Å². The zero-order chi connectivity index (χ0) is 11.1. The van der Waals surface area contributed by atoms with Gasteiger partial charge in [-0.1, -0.05) is 11.6 Å². The highest BCUT2D eigenvalue weighted by Gasteiger charge is 2.04. The first-order valence-electron chi connectivity index (χ1n) is 4.47. The summed E-state index contributed by atoms with van der Waals surface area (Å²) in [6.07, 6.45) is 0.485. The van der Waals surface area contributed by atoms with Crippen molar-refractivity contribution in [2.75, 3.05) is 11.5 Å². The number of hydrogen-bond acceptors (Lipinski definition) is 3. The van der Waals surface area contributed by atoms with Crippen LogP contribution in [0.25, 0.3) is 0 Å². The van der Waals surface area contributed by atoms with E-state index in [0.29, 0.717) is 28.5 Å². The first-order valence-corrected chi connectivity index (χ1v) is 6.01. The van der Waals surface area contributed by atoms with E-state index in [1.165, 1.54) is 11.8 Å². The van der Waals surface area contributed by atoms with Gasteiger partial charge in [-0.3, -0.25) is 4.79 Å². The van der Waals surface area contributed by atoms with Gasteiger partial charge in [0.2, 0.25) is 0 Å². The lowest BCUT2D eigenvalue weighted by Gasteiger charge is -1.99. The molecule has 0 unspecified atom stereocenters. The van der Waals surface area contributed by atoms with Gasteiger partial charge in [-0.15, -0.1) is 0 Å². The molecule has 0 fully saturated rings. The zero-order valence-electron chi connectivity index (χ0n) is 8.07. The molecule has 0 radical (unpaired) electrons. The molecule has 4 heteroatoms. The number of Topliss-reactive ketones (excluding diaryl/α,β-unsaturated/α-hetero) is 1. The number of benzene rings is 1. The van der Waals surface area contributed by atoms with Crippen molar-refractivity contribution in [1.82, 2.24) is 0 Å². The Balaban J connectivity index is 2.41. The van der Waals surface area contributed by atoms with Crippen LogP contribution in [0.3, 0.4) is 0 Å². The maximum atomic E-state index is 11.6. The Morgan fingerprint density at radius 2 is 2.07 bits per heavy atom. The number of nitriles is 1. The second-order valence-corrected chi connectivity index (χ2v) is 4.43. The Morgan fingerprint density at radius 3 is 2.67 bits per heavy atom. The van der Waals surface area contributed by atoms with Gasteiger partial charge in [0, 0.05) is 22.8 Å². The van der Waals surface area contributed by atoms with Gasteiger partial charge in [0.05, 0.1) is 11.8 Å². The van der Waals surface area contributed by atoms with Crippen molar-refractivity contribution in [2.24, 2.45) is 0 Å². The number of ketones is 1. The minimum Gasteiger partial charge on any atom is -0.293 e. The molecule has 0 amide bonds. The van der Waals surface area contributed by atoms with Crippen molar-refractivity contribution in [2.45, 2.75) is 6.42 Å². The maximum absolute atomic E-state index is 11.6. The third-order valence-electron chi connectivity index (χ3n) is 1.76. The fraction of sp³-hybridized carbons (Fsp3) is 0.273. The van der Waals surface area contributed by atoms with Gasteiger partial charge in [0.25, 0.3) is 0 Å². The number of thioether (sulfide) groups is 1. The third-order valence-corrected chi connectivity index (χ3v) is 2.97. The van der Waals surface area contributed by atoms with Crippen LogP contribution in [0.1, 0.15) is 16.8 Å². The van der Waals surface area contributed by atoms with E-state index in [9.17, 15) is 4.79 Å². The van der Waals surface area contributed by atoms with Crippen LogP contribution in [0.5, 0.6) is 0 Å². The molecule has 0 spiro atoms. The lowest BCUT2D eigenvalue weighted by Crippen LogP contribution is -2.02. The standard InChI is InChI=1S/C11H10ClNOS/c12-10-4-2-9(3-5-10)11(14)8-15-7-1-6-13/h2-5H,1,7-8H2. The van der Waals surface area contributed by atoms with Crippen LogP contribution in [-0.2, 0) is 0 Å². The molecule has 0 aliphatic heterocycles. The van der Waals surface area contributed by atoms with Gasteiger partial charge in [-0.2, -0.15) is 17.0 Å². The molecule has 15 heavy (non-hydrogen) atoms. The Labute approximate surface area is 98.2 Å². The normalized spacial score (nSPS) is 9.60. The van der Waals surface area contributed by atoms with Crippen molar-refractivity contribution in [3.63, 3.8) is 0 Å². The molecule has 78 valence electrons. The largest absolute Gasteiger partial charge is 0.293 e. The van der Waals surface area contributed by atoms with Crippen LogP contribution in [0, 0.1) is 11.3 Å². The molecular weight excluding hydrogens is 230 g/mol. The Bertz CT molecular complexity index is 369. The highest BCUT2D eigenvalue weighted by molar-refractivity contribution is 7.99. The monoisotopic (exact) mass is 239 g/mol. The summed E-state index contributed by atoms with van der Waals surface area (Å²) in [5, 5.41) is 8.94. The molecule has 1 rings (SSSR count). The summed E-state index contributed by atoms with van der Waals surface area (Å²) < 4.78 is 0. The molecular formula is C11H10ClNOS. The molecule has 0 N–H and O–H groups in total. The Kier molecular flexibility index (Phi) is 5.23. The van der Waals surface area contributed by atoms with Crippen LogP contribution in [-0.4, -0.2) is 17.3 Å². The second kappa shape index (κ2) is 6.49. The summed E-state index contributed by atoms with van der Waals surface area (Å²) in [6.45, 7) is 0. The van der Waals surface area contributed by atoms with E-state index in [-0.39, 0.29) is 5.78 Å². The van der Waals surface area contributed by atoms with E-state index in [4.69, 9.17) is 16.9 Å². The maximum Gasteiger partial charge on any atom is 0.172 e. The Morgan fingerprint density at radius 1 is 1.40 bits per heavy atom. The number of rotatable bonds is 5. The van der Waals surface area contributed by atoms with E-state index in [0.717, 1.165) is 0 Å². The van der Waals surface area contributed by atoms with Crippen LogP contribution in [0.4, 0.5) is 0 Å². The van der Waals surface area contributed by atoms with Crippen molar-refractivity contribution in [1.29, 1.82) is 5.26 Å². The van der Waals surface area contributed by atoms with Gasteiger partial charge >= 0.3 is 0 Å². The average molecular weight is 240 g/mol. The molecule has 0 aliphatic carbocycles. The van der Waals surface area contributed by atoms with Gasteiger partial charge in [0.15, 0.2) is 5.78 Å². The van der Waals surface area contributed by atoms with Gasteiger partial charge in [-0.25, -0.2) is 0 Å². The molecule has 0 aromatic heterocycles. The summed E-state index contributed by atoms with van der Waals surface area (Å²) in [7, 11) is 0. The molecule has 0 aliphatic rings. The first-order chi connectivity index (χ1) is 7.24. The van der Waals surface area contributed by atoms with Crippen molar-refractivity contribution in [3.8, 4) is 6.07 Å². The predicted molar refractivity (Wildman–Crippen MR) is 63.3 cm³/mol. The number of halogens is 1. The molecule has 1 aromatic carbocycles. The smallest absolute Gasteiger partial charge is 0.172 e. The van der Waals surface area contributed by atoms with Crippen molar-refractivity contribution < 1.29 is 4.79 Å². The zero-order valence-corrected chi connectivity index (χ0v) is 9.64. The molecule has 0 bridgehead atoms. The van der Waals surface area contributed by atoms with Crippen LogP contribution in [0.15, 0.2) is 24.3 Å². The summed E-state index contributed by atoms with van der Waals surface area (Å²) in [5.74, 6) is 1.20. The van der Waals surface area contributed by atoms with Gasteiger partial charge < -0.3 is 0 Å². The summed E-state index contributed by atoms with van der Waals surface area (Å²) in [4.78, 5) is 11.6. The van der Waals surface area contributed by atoms with Crippen LogP contribution >= 0.6 is 23.4 Å². The van der Waals surface area contributed by atoms with E-state index in [1.807, 2.05) is 6.07 Å². The van der Waals surface area contributed by atoms with Crippen LogP contribution in [0.2, 0.25) is 5.02 Å². The molecule has 2 nitrogen and oxygen atoms in total. The fourth-order valence-electron chi connectivity index (χ4n) is 1.00. The lowest BCUT2D eigenvalue weighted by atomic mass is 10.1. The predicted octanol–water partition coefficient (Wildman–Crippen LogP) is 3.17. The molecule has 0 saturated carbocycles. The SMILES string of the molecule is N#CCCSCC(=O)c1ccc(Cl)cc1. The minimum atomic E-state index is 0.0783. The molecule has 0 saturated heterocycles. The average Bonchev–Trinajstić information content (AvgIpc) is 2.25. The highest BCUT2D eigenvalue weighted by atomic mass is 35.5. The lowest BCUT2D eigenvalue weighted by molar-refractivity contribution is 0.102. The fourth-order valence-corrected chi connectivity index (χ4v) is 1.86.